The summed E-state index contributed by atoms with van der Waals surface area (Å²) in [7, 11) is 1.52. The number of thiophene rings is 1. The van der Waals surface area contributed by atoms with Crippen LogP contribution in [0.2, 0.25) is 0 Å². The van der Waals surface area contributed by atoms with Gasteiger partial charge in [0.25, 0.3) is 5.91 Å². The van der Waals surface area contributed by atoms with Crippen molar-refractivity contribution < 1.29 is 14.0 Å². The minimum Gasteiger partial charge on any atom is -0.368 e. The quantitative estimate of drug-likeness (QED) is 0.938. The zero-order valence-corrected chi connectivity index (χ0v) is 11.6. The van der Waals surface area contributed by atoms with E-state index in [1.807, 2.05) is 0 Å². The zero-order valence-electron chi connectivity index (χ0n) is 10.8. The molecule has 2 amide bonds. The Bertz CT molecular complexity index is 637. The van der Waals surface area contributed by atoms with Crippen molar-refractivity contribution in [2.75, 3.05) is 13.6 Å². The third kappa shape index (κ3) is 3.21. The molecule has 2 aromatic rings. The maximum Gasteiger partial charge on any atom is 0.264 e. The van der Waals surface area contributed by atoms with E-state index in [4.69, 9.17) is 5.73 Å². The number of amides is 2. The zero-order chi connectivity index (χ0) is 14.7. The number of primary amides is 1. The van der Waals surface area contributed by atoms with Crippen LogP contribution in [0.5, 0.6) is 0 Å². The molecule has 0 bridgehead atoms. The second-order valence-electron chi connectivity index (χ2n) is 4.30. The average molecular weight is 292 g/mol. The molecule has 0 saturated heterocycles. The van der Waals surface area contributed by atoms with Crippen LogP contribution in [-0.2, 0) is 4.79 Å². The minimum atomic E-state index is -0.559. The minimum absolute atomic E-state index is 0.122. The van der Waals surface area contributed by atoms with E-state index in [2.05, 4.69) is 0 Å². The van der Waals surface area contributed by atoms with Crippen LogP contribution < -0.4 is 5.73 Å². The van der Waals surface area contributed by atoms with Gasteiger partial charge in [0.05, 0.1) is 11.4 Å². The van der Waals surface area contributed by atoms with E-state index < -0.39 is 5.91 Å². The number of benzene rings is 1. The summed E-state index contributed by atoms with van der Waals surface area (Å²) in [4.78, 5) is 25.5. The number of nitrogens with two attached hydrogens (primary N) is 1. The van der Waals surface area contributed by atoms with Crippen LogP contribution in [0, 0.1) is 5.82 Å². The number of likely N-dealkylation sites (N-methyl/N-ethyl adjacent to an activating group) is 1. The first-order valence-corrected chi connectivity index (χ1v) is 6.68. The van der Waals surface area contributed by atoms with E-state index in [9.17, 15) is 14.0 Å². The fourth-order valence-electron chi connectivity index (χ4n) is 1.72. The normalized spacial score (nSPS) is 10.3. The maximum absolute atomic E-state index is 12.9. The molecule has 0 aliphatic carbocycles. The monoisotopic (exact) mass is 292 g/mol. The molecule has 2 rings (SSSR count). The van der Waals surface area contributed by atoms with E-state index in [0.29, 0.717) is 4.88 Å². The van der Waals surface area contributed by atoms with Crippen LogP contribution in [0.3, 0.4) is 0 Å². The van der Waals surface area contributed by atoms with E-state index in [-0.39, 0.29) is 18.3 Å². The molecule has 2 N–H and O–H groups in total. The molecule has 20 heavy (non-hydrogen) atoms. The highest BCUT2D eigenvalue weighted by molar-refractivity contribution is 7.17. The molecule has 0 aliphatic heterocycles. The second-order valence-corrected chi connectivity index (χ2v) is 5.38. The van der Waals surface area contributed by atoms with Crippen molar-refractivity contribution in [2.45, 2.75) is 0 Å². The summed E-state index contributed by atoms with van der Waals surface area (Å²) < 4.78 is 12.9. The van der Waals surface area contributed by atoms with E-state index in [1.54, 1.807) is 24.3 Å². The Morgan fingerprint density at radius 3 is 2.45 bits per heavy atom. The van der Waals surface area contributed by atoms with Crippen molar-refractivity contribution in [2.24, 2.45) is 5.73 Å². The molecule has 104 valence electrons. The van der Waals surface area contributed by atoms with Gasteiger partial charge in [0.1, 0.15) is 5.82 Å². The number of hydrogen-bond acceptors (Lipinski definition) is 3. The van der Waals surface area contributed by atoms with Crippen molar-refractivity contribution in [3.8, 4) is 10.4 Å². The molecule has 0 aliphatic rings. The van der Waals surface area contributed by atoms with Crippen molar-refractivity contribution in [1.82, 2.24) is 4.90 Å². The summed E-state index contributed by atoms with van der Waals surface area (Å²) in [5, 5.41) is 0. The van der Waals surface area contributed by atoms with Crippen molar-refractivity contribution in [3.63, 3.8) is 0 Å². The third-order valence-electron chi connectivity index (χ3n) is 2.69. The van der Waals surface area contributed by atoms with Crippen LogP contribution >= 0.6 is 11.3 Å². The average Bonchev–Trinajstić information content (AvgIpc) is 2.87. The van der Waals surface area contributed by atoms with Crippen LogP contribution in [0.1, 0.15) is 9.67 Å². The van der Waals surface area contributed by atoms with Gasteiger partial charge in [-0.2, -0.15) is 0 Å². The van der Waals surface area contributed by atoms with Crippen molar-refractivity contribution in [3.05, 3.63) is 47.1 Å². The fourth-order valence-corrected chi connectivity index (χ4v) is 2.72. The lowest BCUT2D eigenvalue weighted by molar-refractivity contribution is -0.118. The molecule has 0 unspecified atom stereocenters. The molecule has 0 fully saturated rings. The number of rotatable bonds is 4. The van der Waals surface area contributed by atoms with Gasteiger partial charge < -0.3 is 10.6 Å². The maximum atomic E-state index is 12.9. The topological polar surface area (TPSA) is 63.4 Å². The number of carbonyl (C=O) groups excluding carboxylic acids is 2. The number of hydrogen-bond donors (Lipinski definition) is 1. The second kappa shape index (κ2) is 5.83. The third-order valence-corrected chi connectivity index (χ3v) is 3.81. The van der Waals surface area contributed by atoms with Gasteiger partial charge in [0.2, 0.25) is 5.91 Å². The number of carbonyl (C=O) groups is 2. The van der Waals surface area contributed by atoms with Gasteiger partial charge in [-0.15, -0.1) is 11.3 Å². The lowest BCUT2D eigenvalue weighted by atomic mass is 10.2. The largest absolute Gasteiger partial charge is 0.368 e. The first-order valence-electron chi connectivity index (χ1n) is 5.87. The summed E-state index contributed by atoms with van der Waals surface area (Å²) in [6.45, 7) is -0.122. The van der Waals surface area contributed by atoms with Gasteiger partial charge >= 0.3 is 0 Å². The number of halogens is 1. The van der Waals surface area contributed by atoms with Gasteiger partial charge in [0, 0.05) is 11.9 Å². The number of nitrogens with zero attached hydrogens (tertiary/aromatic N) is 1. The van der Waals surface area contributed by atoms with Crippen LogP contribution in [0.15, 0.2) is 36.4 Å². The highest BCUT2D eigenvalue weighted by Crippen LogP contribution is 2.28. The van der Waals surface area contributed by atoms with Crippen LogP contribution in [0.25, 0.3) is 10.4 Å². The standard InChI is InChI=1S/C14H13FN2O2S/c1-17(8-13(16)18)14(19)12-7-6-11(20-12)9-2-4-10(15)5-3-9/h2-7H,8H2,1H3,(H2,16,18). The highest BCUT2D eigenvalue weighted by atomic mass is 32.1. The molecule has 0 saturated carbocycles. The Hall–Kier alpha value is -2.21. The van der Waals surface area contributed by atoms with Gasteiger partial charge in [-0.05, 0) is 29.8 Å². The van der Waals surface area contributed by atoms with Gasteiger partial charge in [-0.3, -0.25) is 9.59 Å². The predicted octanol–water partition coefficient (Wildman–Crippen LogP) is 2.11. The predicted molar refractivity (Wildman–Crippen MR) is 75.9 cm³/mol. The molecule has 1 aromatic carbocycles. The Balaban J connectivity index is 2.18. The molecular formula is C14H13FN2O2S. The molecule has 1 aromatic heterocycles. The molecule has 6 heteroatoms. The molecule has 1 heterocycles. The highest BCUT2D eigenvalue weighted by Gasteiger charge is 2.16. The van der Waals surface area contributed by atoms with E-state index in [0.717, 1.165) is 10.4 Å². The lowest BCUT2D eigenvalue weighted by Crippen LogP contribution is -2.34. The summed E-state index contributed by atoms with van der Waals surface area (Å²) in [5.74, 6) is -1.12. The Kier molecular flexibility index (Phi) is 4.14. The summed E-state index contributed by atoms with van der Waals surface area (Å²) in [6, 6.07) is 9.53. The van der Waals surface area contributed by atoms with Crippen LogP contribution in [-0.4, -0.2) is 30.3 Å². The summed E-state index contributed by atoms with van der Waals surface area (Å²) in [6.07, 6.45) is 0. The molecule has 0 radical (unpaired) electrons. The lowest BCUT2D eigenvalue weighted by Gasteiger charge is -2.13. The smallest absolute Gasteiger partial charge is 0.264 e. The van der Waals surface area contributed by atoms with Crippen LogP contribution in [0.4, 0.5) is 4.39 Å². The summed E-state index contributed by atoms with van der Waals surface area (Å²) in [5.41, 5.74) is 5.90. The first kappa shape index (κ1) is 14.2. The first-order chi connectivity index (χ1) is 9.47. The van der Waals surface area contributed by atoms with Crippen molar-refractivity contribution >= 4 is 23.2 Å². The summed E-state index contributed by atoms with van der Waals surface area (Å²) >= 11 is 1.29. The van der Waals surface area contributed by atoms with Gasteiger partial charge in [-0.1, -0.05) is 12.1 Å². The fraction of sp³-hybridized carbons (Fsp3) is 0.143. The molecular weight excluding hydrogens is 279 g/mol. The van der Waals surface area contributed by atoms with E-state index in [1.165, 1.54) is 35.4 Å². The SMILES string of the molecule is CN(CC(N)=O)C(=O)c1ccc(-c2ccc(F)cc2)s1. The Labute approximate surface area is 119 Å². The molecule has 0 atom stereocenters. The Morgan fingerprint density at radius 2 is 1.85 bits per heavy atom. The van der Waals surface area contributed by atoms with Gasteiger partial charge in [-0.25, -0.2) is 4.39 Å². The Morgan fingerprint density at radius 1 is 1.20 bits per heavy atom. The molecule has 4 nitrogen and oxygen atoms in total. The van der Waals surface area contributed by atoms with E-state index >= 15 is 0 Å². The van der Waals surface area contributed by atoms with Crippen molar-refractivity contribution in [1.29, 1.82) is 0 Å². The van der Waals surface area contributed by atoms with Gasteiger partial charge in [0.15, 0.2) is 0 Å². The molecule has 0 spiro atoms.